The highest BCUT2D eigenvalue weighted by molar-refractivity contribution is 5.78. The van der Waals surface area contributed by atoms with Gasteiger partial charge in [0, 0.05) is 50.9 Å². The van der Waals surface area contributed by atoms with E-state index in [9.17, 15) is 0 Å². The van der Waals surface area contributed by atoms with E-state index in [-0.39, 0.29) is 0 Å². The highest BCUT2D eigenvalue weighted by Crippen LogP contribution is 2.28. The fourth-order valence-electron chi connectivity index (χ4n) is 3.46. The number of nitrogens with zero attached hydrogens (tertiary/aromatic N) is 4. The van der Waals surface area contributed by atoms with Crippen LogP contribution in [0, 0.1) is 6.92 Å². The van der Waals surface area contributed by atoms with Crippen molar-refractivity contribution < 1.29 is 4.74 Å². The smallest absolute Gasteiger partial charge is 0.157 e. The molecule has 2 aromatic heterocycles. The standard InChI is InChI=1S/C17H25N5O/c1-12-16-7-13(9-19-17(16)21(2)20-12)8-18-10-15-11-22(5-6-23-15)14-3-4-14/h7,9,14-15,18H,3-6,8,10-11H2,1-2H3/t15-/m1/s1. The molecule has 2 aromatic rings. The lowest BCUT2D eigenvalue weighted by atomic mass is 10.2. The predicted molar refractivity (Wildman–Crippen MR) is 89.3 cm³/mol. The Morgan fingerprint density at radius 3 is 3.09 bits per heavy atom. The molecule has 0 unspecified atom stereocenters. The third-order valence-corrected chi connectivity index (χ3v) is 4.85. The normalized spacial score (nSPS) is 22.8. The summed E-state index contributed by atoms with van der Waals surface area (Å²) in [7, 11) is 1.94. The van der Waals surface area contributed by atoms with Crippen LogP contribution < -0.4 is 5.32 Å². The number of rotatable bonds is 5. The molecule has 0 radical (unpaired) electrons. The lowest BCUT2D eigenvalue weighted by Crippen LogP contribution is -2.47. The molecule has 1 aliphatic carbocycles. The van der Waals surface area contributed by atoms with Gasteiger partial charge < -0.3 is 10.1 Å². The summed E-state index contributed by atoms with van der Waals surface area (Å²) in [4.78, 5) is 7.12. The van der Waals surface area contributed by atoms with Gasteiger partial charge in [-0.3, -0.25) is 9.58 Å². The molecule has 1 aliphatic heterocycles. The molecule has 6 nitrogen and oxygen atoms in total. The average molecular weight is 315 g/mol. The summed E-state index contributed by atoms with van der Waals surface area (Å²) in [6.07, 6.45) is 4.99. The van der Waals surface area contributed by atoms with Gasteiger partial charge in [0.05, 0.1) is 18.4 Å². The third-order valence-electron chi connectivity index (χ3n) is 4.85. The highest BCUT2D eigenvalue weighted by atomic mass is 16.5. The number of aryl methyl sites for hydroxylation is 2. The average Bonchev–Trinajstić information content (AvgIpc) is 3.36. The van der Waals surface area contributed by atoms with E-state index in [0.29, 0.717) is 6.10 Å². The molecule has 0 amide bonds. The Kier molecular flexibility index (Phi) is 4.05. The lowest BCUT2D eigenvalue weighted by Gasteiger charge is -2.33. The van der Waals surface area contributed by atoms with Crippen molar-refractivity contribution in [3.05, 3.63) is 23.5 Å². The fourth-order valence-corrected chi connectivity index (χ4v) is 3.46. The number of ether oxygens (including phenoxy) is 1. The summed E-state index contributed by atoms with van der Waals surface area (Å²) < 4.78 is 7.72. The minimum atomic E-state index is 0.307. The summed E-state index contributed by atoms with van der Waals surface area (Å²) in [5, 5.41) is 9.09. The van der Waals surface area contributed by atoms with Crippen molar-refractivity contribution in [2.45, 2.75) is 38.5 Å². The first-order chi connectivity index (χ1) is 11.2. The third kappa shape index (κ3) is 3.24. The largest absolute Gasteiger partial charge is 0.374 e. The Bertz CT molecular complexity index is 694. The Morgan fingerprint density at radius 1 is 1.39 bits per heavy atom. The maximum Gasteiger partial charge on any atom is 0.157 e. The molecule has 3 heterocycles. The van der Waals surface area contributed by atoms with Crippen molar-refractivity contribution in [2.75, 3.05) is 26.2 Å². The van der Waals surface area contributed by atoms with Gasteiger partial charge in [-0.25, -0.2) is 4.98 Å². The Labute approximate surface area is 136 Å². The summed E-state index contributed by atoms with van der Waals surface area (Å²) in [6, 6.07) is 3.03. The Morgan fingerprint density at radius 2 is 2.26 bits per heavy atom. The van der Waals surface area contributed by atoms with Gasteiger partial charge >= 0.3 is 0 Å². The second kappa shape index (κ2) is 6.19. The molecule has 1 atom stereocenters. The van der Waals surface area contributed by atoms with Crippen LogP contribution in [0.3, 0.4) is 0 Å². The van der Waals surface area contributed by atoms with Gasteiger partial charge in [-0.2, -0.15) is 5.10 Å². The Balaban J connectivity index is 1.33. The number of morpholine rings is 1. The van der Waals surface area contributed by atoms with E-state index >= 15 is 0 Å². The fraction of sp³-hybridized carbons (Fsp3) is 0.647. The first-order valence-electron chi connectivity index (χ1n) is 8.55. The van der Waals surface area contributed by atoms with Gasteiger partial charge in [-0.15, -0.1) is 0 Å². The van der Waals surface area contributed by atoms with E-state index in [4.69, 9.17) is 4.74 Å². The van der Waals surface area contributed by atoms with Gasteiger partial charge in [0.1, 0.15) is 0 Å². The van der Waals surface area contributed by atoms with Crippen molar-refractivity contribution in [1.29, 1.82) is 0 Å². The van der Waals surface area contributed by atoms with Crippen molar-refractivity contribution in [1.82, 2.24) is 25.0 Å². The molecule has 0 aromatic carbocycles. The second-order valence-corrected chi connectivity index (χ2v) is 6.77. The van der Waals surface area contributed by atoms with Crippen LogP contribution in [0.4, 0.5) is 0 Å². The quantitative estimate of drug-likeness (QED) is 0.899. The monoisotopic (exact) mass is 315 g/mol. The zero-order chi connectivity index (χ0) is 15.8. The second-order valence-electron chi connectivity index (χ2n) is 6.77. The molecular formula is C17H25N5O. The van der Waals surface area contributed by atoms with Crippen molar-refractivity contribution in [3.8, 4) is 0 Å². The van der Waals surface area contributed by atoms with E-state index < -0.39 is 0 Å². The first-order valence-corrected chi connectivity index (χ1v) is 8.55. The topological polar surface area (TPSA) is 55.2 Å². The number of aromatic nitrogens is 3. The number of pyridine rings is 1. The van der Waals surface area contributed by atoms with Crippen LogP contribution in [0.15, 0.2) is 12.3 Å². The minimum absolute atomic E-state index is 0.307. The maximum absolute atomic E-state index is 5.88. The summed E-state index contributed by atoms with van der Waals surface area (Å²) in [6.45, 7) is 6.78. The van der Waals surface area contributed by atoms with Crippen molar-refractivity contribution >= 4 is 11.0 Å². The minimum Gasteiger partial charge on any atom is -0.374 e. The van der Waals surface area contributed by atoms with Crippen LogP contribution in [0.5, 0.6) is 0 Å². The Hall–Kier alpha value is -1.50. The van der Waals surface area contributed by atoms with Gasteiger partial charge in [0.15, 0.2) is 5.65 Å². The molecular weight excluding hydrogens is 290 g/mol. The summed E-state index contributed by atoms with van der Waals surface area (Å²) in [5.74, 6) is 0. The zero-order valence-corrected chi connectivity index (χ0v) is 14.0. The van der Waals surface area contributed by atoms with E-state index in [2.05, 4.69) is 26.4 Å². The number of hydrogen-bond donors (Lipinski definition) is 1. The molecule has 2 fully saturated rings. The molecule has 1 saturated carbocycles. The lowest BCUT2D eigenvalue weighted by molar-refractivity contribution is -0.0301. The molecule has 0 spiro atoms. The molecule has 2 aliphatic rings. The van der Waals surface area contributed by atoms with Crippen LogP contribution in [-0.2, 0) is 18.3 Å². The molecule has 23 heavy (non-hydrogen) atoms. The van der Waals surface area contributed by atoms with Crippen LogP contribution in [0.1, 0.15) is 24.1 Å². The van der Waals surface area contributed by atoms with Crippen LogP contribution in [0.25, 0.3) is 11.0 Å². The predicted octanol–water partition coefficient (Wildman–Crippen LogP) is 1.23. The molecule has 124 valence electrons. The van der Waals surface area contributed by atoms with Gasteiger partial charge in [-0.1, -0.05) is 0 Å². The van der Waals surface area contributed by atoms with Gasteiger partial charge in [-0.05, 0) is 31.4 Å². The van der Waals surface area contributed by atoms with E-state index in [1.807, 2.05) is 24.9 Å². The highest BCUT2D eigenvalue weighted by Gasteiger charge is 2.32. The summed E-state index contributed by atoms with van der Waals surface area (Å²) >= 11 is 0. The van der Waals surface area contributed by atoms with E-state index in [1.54, 1.807) is 0 Å². The number of hydrogen-bond acceptors (Lipinski definition) is 5. The van der Waals surface area contributed by atoms with Crippen LogP contribution in [0.2, 0.25) is 0 Å². The number of fused-ring (bicyclic) bond motifs is 1. The zero-order valence-electron chi connectivity index (χ0n) is 14.0. The molecule has 1 saturated heterocycles. The van der Waals surface area contributed by atoms with Crippen molar-refractivity contribution in [2.24, 2.45) is 7.05 Å². The molecule has 1 N–H and O–H groups in total. The van der Waals surface area contributed by atoms with Crippen molar-refractivity contribution in [3.63, 3.8) is 0 Å². The van der Waals surface area contributed by atoms with Gasteiger partial charge in [0.25, 0.3) is 0 Å². The maximum atomic E-state index is 5.88. The van der Waals surface area contributed by atoms with E-state index in [1.165, 1.54) is 18.4 Å². The molecule has 6 heteroatoms. The summed E-state index contributed by atoms with van der Waals surface area (Å²) in [5.41, 5.74) is 3.18. The molecule has 0 bridgehead atoms. The van der Waals surface area contributed by atoms with Crippen LogP contribution >= 0.6 is 0 Å². The van der Waals surface area contributed by atoms with Crippen LogP contribution in [-0.4, -0.2) is 58.1 Å². The molecule has 4 rings (SSSR count). The first kappa shape index (κ1) is 15.1. The number of nitrogens with one attached hydrogen (secondary N) is 1. The van der Waals surface area contributed by atoms with Gasteiger partial charge in [0.2, 0.25) is 0 Å². The van der Waals surface area contributed by atoms with E-state index in [0.717, 1.165) is 55.6 Å². The SMILES string of the molecule is Cc1nn(C)c2ncc(CNC[C@@H]3CN(C4CC4)CCO3)cc12.